The molecule has 0 aliphatic carbocycles. The van der Waals surface area contributed by atoms with Crippen LogP contribution in [0.5, 0.6) is 0 Å². The summed E-state index contributed by atoms with van der Waals surface area (Å²) in [4.78, 5) is 0. The Morgan fingerprint density at radius 1 is 0.326 bits per heavy atom. The third kappa shape index (κ3) is 121. The molecule has 0 aromatic carbocycles. The van der Waals surface area contributed by atoms with Gasteiger partial charge in [-0.25, -0.2) is 0 Å². The van der Waals surface area contributed by atoms with Crippen LogP contribution in [0.25, 0.3) is 0 Å². The molecule has 13 heteroatoms. The van der Waals surface area contributed by atoms with Crippen molar-refractivity contribution >= 4 is 0 Å². The highest BCUT2D eigenvalue weighted by atomic mass is 16.3. The highest BCUT2D eigenvalue weighted by Gasteiger charge is 2.10. The minimum absolute atomic E-state index is 0. The van der Waals surface area contributed by atoms with Crippen LogP contribution in [0, 0.1) is 0 Å². The van der Waals surface area contributed by atoms with Crippen LogP contribution in [0.1, 0.15) is 21.3 Å². The molecular formula is C33H96N7O6+7. The number of quaternary nitrogens is 7. The van der Waals surface area contributed by atoms with E-state index in [1.165, 1.54) is 6.54 Å². The van der Waals surface area contributed by atoms with Crippen molar-refractivity contribution in [3.8, 4) is 0 Å². The quantitative estimate of drug-likeness (QED) is 0.139. The average molecular weight is 687 g/mol. The SMILES string of the molecule is C.CC[N+](C)(C)C.CC[N+](C)(C)CO.C[N+](C)(C)C.C[N+](C)(C)CCO.C[N+](C)(C)CO.C[N+](C)(C)CO.C[N+](C)(CO)CCO. The first-order chi connectivity index (χ1) is 19.5. The summed E-state index contributed by atoms with van der Waals surface area (Å²) in [6, 6.07) is 0. The van der Waals surface area contributed by atoms with E-state index >= 15 is 0 Å². The zero-order valence-corrected chi connectivity index (χ0v) is 34.9. The number of hydrogen-bond acceptors (Lipinski definition) is 6. The lowest BCUT2D eigenvalue weighted by Crippen LogP contribution is -2.42. The van der Waals surface area contributed by atoms with Crippen LogP contribution in [0.4, 0.5) is 0 Å². The molecule has 13 nitrogen and oxygen atoms in total. The molecule has 0 unspecified atom stereocenters. The van der Waals surface area contributed by atoms with Crippen molar-refractivity contribution < 1.29 is 62.0 Å². The van der Waals surface area contributed by atoms with Gasteiger partial charge in [0.15, 0.2) is 26.9 Å². The van der Waals surface area contributed by atoms with Crippen molar-refractivity contribution in [3.63, 3.8) is 0 Å². The summed E-state index contributed by atoms with van der Waals surface area (Å²) in [6.45, 7) is 9.01. The third-order valence-electron chi connectivity index (χ3n) is 4.90. The maximum absolute atomic E-state index is 8.59. The van der Waals surface area contributed by atoms with Gasteiger partial charge in [-0.3, -0.25) is 0 Å². The predicted octanol–water partition coefficient (Wildman–Crippen LogP) is -0.322. The topological polar surface area (TPSA) is 121 Å². The van der Waals surface area contributed by atoms with E-state index in [1.54, 1.807) is 0 Å². The molecule has 0 atom stereocenters. The van der Waals surface area contributed by atoms with Gasteiger partial charge in [-0.2, -0.15) is 0 Å². The second-order valence-corrected chi connectivity index (χ2v) is 17.8. The van der Waals surface area contributed by atoms with E-state index in [4.69, 9.17) is 30.6 Å². The molecule has 0 aromatic heterocycles. The van der Waals surface area contributed by atoms with E-state index in [2.05, 4.69) is 84.3 Å². The number of aliphatic hydroxyl groups excluding tert-OH is 6. The Morgan fingerprint density at radius 3 is 0.565 bits per heavy atom. The Labute approximate surface area is 290 Å². The molecule has 0 rings (SSSR count). The third-order valence-corrected chi connectivity index (χ3v) is 4.90. The Bertz CT molecular complexity index is 544. The molecule has 6 N–H and O–H groups in total. The molecule has 0 radical (unpaired) electrons. The Kier molecular flexibility index (Phi) is 44.2. The second-order valence-electron chi connectivity index (χ2n) is 17.8. The van der Waals surface area contributed by atoms with Crippen LogP contribution in [-0.4, -0.2) is 269 Å². The molecule has 0 amide bonds. The van der Waals surface area contributed by atoms with Gasteiger partial charge in [0.2, 0.25) is 0 Å². The van der Waals surface area contributed by atoms with E-state index in [9.17, 15) is 0 Å². The van der Waals surface area contributed by atoms with Crippen molar-refractivity contribution in [1.82, 2.24) is 0 Å². The summed E-state index contributed by atoms with van der Waals surface area (Å²) in [5.41, 5.74) is 0. The van der Waals surface area contributed by atoms with Crippen molar-refractivity contribution in [2.75, 3.05) is 207 Å². The molecule has 46 heavy (non-hydrogen) atoms. The van der Waals surface area contributed by atoms with Gasteiger partial charge in [-0.05, 0) is 13.8 Å². The van der Waals surface area contributed by atoms with Gasteiger partial charge in [-0.15, -0.1) is 0 Å². The fourth-order valence-corrected chi connectivity index (χ4v) is 0.741. The monoisotopic (exact) mass is 687 g/mol. The lowest BCUT2D eigenvalue weighted by atomic mass is 10.5. The molecule has 0 saturated heterocycles. The number of likely N-dealkylation sites (N-methyl/N-ethyl adjacent to an activating group) is 2. The molecule has 0 heterocycles. The van der Waals surface area contributed by atoms with E-state index in [1.807, 2.05) is 70.5 Å². The molecule has 0 aliphatic rings. The van der Waals surface area contributed by atoms with Crippen molar-refractivity contribution in [1.29, 1.82) is 0 Å². The molecule has 292 valence electrons. The minimum atomic E-state index is 0. The molecule has 0 saturated carbocycles. The van der Waals surface area contributed by atoms with E-state index < -0.39 is 0 Å². The normalized spacial score (nSPS) is 11.7. The maximum Gasteiger partial charge on any atom is 0.179 e. The number of rotatable bonds is 10. The van der Waals surface area contributed by atoms with Crippen molar-refractivity contribution in [2.45, 2.75) is 21.3 Å². The Balaban J connectivity index is -0.0000000611. The lowest BCUT2D eigenvalue weighted by molar-refractivity contribution is -0.909. The fraction of sp³-hybridized carbons (Fsp3) is 1.00. The summed E-state index contributed by atoms with van der Waals surface area (Å²) in [5, 5.41) is 50.7. The second kappa shape index (κ2) is 31.7. The first-order valence-corrected chi connectivity index (χ1v) is 15.8. The summed E-state index contributed by atoms with van der Waals surface area (Å²) in [6.07, 6.45) is 0. The smallest absolute Gasteiger partial charge is 0.179 e. The minimum Gasteiger partial charge on any atom is -0.391 e. The summed E-state index contributed by atoms with van der Waals surface area (Å²) in [7, 11) is 40.5. The van der Waals surface area contributed by atoms with Crippen molar-refractivity contribution in [3.05, 3.63) is 0 Å². The first-order valence-electron chi connectivity index (χ1n) is 15.8. The molecule has 0 aromatic rings. The molecule has 0 aliphatic heterocycles. The largest absolute Gasteiger partial charge is 0.391 e. The zero-order chi connectivity index (χ0) is 38.6. The van der Waals surface area contributed by atoms with Gasteiger partial charge in [0.05, 0.1) is 167 Å². The fourth-order valence-electron chi connectivity index (χ4n) is 0.741. The number of aliphatic hydroxyl groups is 6. The van der Waals surface area contributed by atoms with E-state index in [-0.39, 0.29) is 47.6 Å². The Morgan fingerprint density at radius 2 is 0.543 bits per heavy atom. The highest BCUT2D eigenvalue weighted by Crippen LogP contribution is 1.91. The van der Waals surface area contributed by atoms with Gasteiger partial charge in [-0.1, -0.05) is 7.43 Å². The summed E-state index contributed by atoms with van der Waals surface area (Å²) in [5.74, 6) is 0. The van der Waals surface area contributed by atoms with Crippen LogP contribution < -0.4 is 0 Å². The zero-order valence-electron chi connectivity index (χ0n) is 34.9. The van der Waals surface area contributed by atoms with Gasteiger partial charge in [0, 0.05) is 0 Å². The Hall–Kier alpha value is -0.520. The molecule has 0 bridgehead atoms. The predicted molar refractivity (Wildman–Crippen MR) is 200 cm³/mol. The van der Waals surface area contributed by atoms with Crippen LogP contribution in [0.2, 0.25) is 0 Å². The van der Waals surface area contributed by atoms with Crippen molar-refractivity contribution in [2.24, 2.45) is 0 Å². The maximum atomic E-state index is 8.59. The van der Waals surface area contributed by atoms with Gasteiger partial charge in [0.25, 0.3) is 0 Å². The van der Waals surface area contributed by atoms with Crippen LogP contribution in [-0.2, 0) is 0 Å². The lowest BCUT2D eigenvalue weighted by Gasteiger charge is -2.25. The number of nitrogens with zero attached hydrogens (tertiary/aromatic N) is 7. The van der Waals surface area contributed by atoms with Crippen LogP contribution in [0.15, 0.2) is 0 Å². The average Bonchev–Trinajstić information content (AvgIpc) is 2.83. The van der Waals surface area contributed by atoms with Gasteiger partial charge < -0.3 is 62.0 Å². The van der Waals surface area contributed by atoms with Gasteiger partial charge >= 0.3 is 0 Å². The highest BCUT2D eigenvalue weighted by molar-refractivity contribution is 4.21. The van der Waals surface area contributed by atoms with Crippen LogP contribution >= 0.6 is 0 Å². The number of hydrogen-bond donors (Lipinski definition) is 6. The standard InChI is InChI=1S/C5H14NO2.2C5H14NO.C5H14N.2C4H12NO.C4H12N.CH4/c1-6(2,5-8)3-4-7;1-6(2,3)4-5-7;1-4-6(2,3)5-7;1-5-6(2,3)4;2*1-5(2,3)4-6;1-5(2,3)4;/h7-8H,3-5H2,1-2H3;2*7H,4-5H2,1-3H3;5H2,1-4H3;2*6H,4H2,1-3H3;1-4H3;1H4/q7*+1;. The molecule has 0 spiro atoms. The van der Waals surface area contributed by atoms with Crippen LogP contribution in [0.3, 0.4) is 0 Å². The van der Waals surface area contributed by atoms with Gasteiger partial charge in [0.1, 0.15) is 13.1 Å². The van der Waals surface area contributed by atoms with E-state index in [0.717, 1.165) is 26.5 Å². The first kappa shape index (κ1) is 64.1. The van der Waals surface area contributed by atoms with E-state index in [0.29, 0.717) is 24.5 Å². The summed E-state index contributed by atoms with van der Waals surface area (Å²) < 4.78 is 5.33. The molecular weight excluding hydrogens is 590 g/mol. The molecule has 0 fully saturated rings. The summed E-state index contributed by atoms with van der Waals surface area (Å²) >= 11 is 0.